The molecule has 2 atom stereocenters. The number of benzene rings is 1. The highest BCUT2D eigenvalue weighted by atomic mass is 16.5. The number of hydrogen-bond acceptors (Lipinski definition) is 4. The lowest BCUT2D eigenvalue weighted by Crippen LogP contribution is -2.57. The fourth-order valence-corrected chi connectivity index (χ4v) is 3.27. The molecule has 0 aromatic heterocycles. The van der Waals surface area contributed by atoms with Gasteiger partial charge in [-0.1, -0.05) is 12.1 Å². The number of rotatable bonds is 3. The Morgan fingerprint density at radius 3 is 2.18 bits per heavy atom. The molecule has 1 aliphatic heterocycles. The van der Waals surface area contributed by atoms with E-state index < -0.39 is 5.91 Å². The van der Waals surface area contributed by atoms with Crippen molar-refractivity contribution in [2.24, 2.45) is 0 Å². The number of hydrogen-bond donors (Lipinski definition) is 2. The van der Waals surface area contributed by atoms with E-state index in [1.807, 2.05) is 17.0 Å². The van der Waals surface area contributed by atoms with E-state index in [0.29, 0.717) is 5.56 Å². The predicted octanol–water partition coefficient (Wildman–Crippen LogP) is 1.25. The van der Waals surface area contributed by atoms with Gasteiger partial charge in [0.15, 0.2) is 0 Å². The van der Waals surface area contributed by atoms with Crippen molar-refractivity contribution in [1.82, 2.24) is 15.3 Å². The molecule has 2 rings (SSSR count). The molecule has 0 saturated carbocycles. The summed E-state index contributed by atoms with van der Waals surface area (Å²) < 4.78 is 0. The van der Waals surface area contributed by atoms with E-state index in [-0.39, 0.29) is 18.0 Å². The molecule has 1 fully saturated rings. The molecule has 0 bridgehead atoms. The molecule has 6 nitrogen and oxygen atoms in total. The summed E-state index contributed by atoms with van der Waals surface area (Å²) in [7, 11) is 0. The second-order valence-electron chi connectivity index (χ2n) is 5.96. The fraction of sp³-hybridized carbons (Fsp3) is 0.500. The second-order valence-corrected chi connectivity index (χ2v) is 5.96. The Kier molecular flexibility index (Phi) is 5.15. The number of hydroxylamine groups is 1. The van der Waals surface area contributed by atoms with Gasteiger partial charge in [-0.25, -0.2) is 5.48 Å². The Labute approximate surface area is 130 Å². The molecule has 0 spiro atoms. The van der Waals surface area contributed by atoms with Gasteiger partial charge in [0.2, 0.25) is 5.91 Å². The molecule has 120 valence electrons. The first-order valence-corrected chi connectivity index (χ1v) is 7.47. The molecule has 0 radical (unpaired) electrons. The van der Waals surface area contributed by atoms with Crippen LogP contribution in [0.4, 0.5) is 0 Å². The van der Waals surface area contributed by atoms with Crippen LogP contribution in [-0.4, -0.2) is 52.0 Å². The van der Waals surface area contributed by atoms with Crippen LogP contribution >= 0.6 is 0 Å². The maximum atomic E-state index is 11.7. The maximum Gasteiger partial charge on any atom is 0.274 e. The van der Waals surface area contributed by atoms with E-state index in [2.05, 4.69) is 18.7 Å². The zero-order valence-corrected chi connectivity index (χ0v) is 13.2. The molecule has 6 heteroatoms. The number of carbonyl (C=O) groups is 2. The minimum Gasteiger partial charge on any atom is -0.335 e. The number of nitrogens with zero attached hydrogens (tertiary/aromatic N) is 2. The van der Waals surface area contributed by atoms with E-state index in [9.17, 15) is 9.59 Å². The minimum atomic E-state index is -0.510. The highest BCUT2D eigenvalue weighted by Crippen LogP contribution is 2.18. The summed E-state index contributed by atoms with van der Waals surface area (Å²) in [5.41, 5.74) is 3.15. The first kappa shape index (κ1) is 16.5. The molecule has 22 heavy (non-hydrogen) atoms. The number of carbonyl (C=O) groups excluding carboxylic acids is 2. The summed E-state index contributed by atoms with van der Waals surface area (Å²) in [6.07, 6.45) is 0. The molecule has 0 unspecified atom stereocenters. The zero-order valence-electron chi connectivity index (χ0n) is 13.2. The fourth-order valence-electron chi connectivity index (χ4n) is 3.27. The third kappa shape index (κ3) is 3.64. The molecule has 1 aromatic carbocycles. The van der Waals surface area contributed by atoms with Gasteiger partial charge < -0.3 is 4.90 Å². The van der Waals surface area contributed by atoms with Crippen molar-refractivity contribution in [2.75, 3.05) is 13.1 Å². The predicted molar refractivity (Wildman–Crippen MR) is 82.4 cm³/mol. The molecule has 2 amide bonds. The van der Waals surface area contributed by atoms with Crippen LogP contribution in [0.15, 0.2) is 24.3 Å². The summed E-state index contributed by atoms with van der Waals surface area (Å²) in [6, 6.07) is 7.55. The Balaban J connectivity index is 2.00. The first-order chi connectivity index (χ1) is 10.4. The van der Waals surface area contributed by atoms with Crippen molar-refractivity contribution in [3.05, 3.63) is 35.4 Å². The lowest BCUT2D eigenvalue weighted by Gasteiger charge is -2.44. The van der Waals surface area contributed by atoms with Crippen LogP contribution in [0, 0.1) is 0 Å². The molecular formula is C16H23N3O3. The first-order valence-electron chi connectivity index (χ1n) is 7.47. The molecule has 1 aliphatic rings. The summed E-state index contributed by atoms with van der Waals surface area (Å²) in [5.74, 6) is -0.386. The van der Waals surface area contributed by atoms with Crippen LogP contribution < -0.4 is 5.48 Å². The van der Waals surface area contributed by atoms with Gasteiger partial charge in [-0.2, -0.15) is 0 Å². The van der Waals surface area contributed by atoms with Crippen molar-refractivity contribution in [1.29, 1.82) is 0 Å². The van der Waals surface area contributed by atoms with Crippen LogP contribution in [0.25, 0.3) is 0 Å². The standard InChI is InChI=1S/C16H23N3O3/c1-11-8-18(9-12(2)19(11)13(3)20)10-14-4-6-15(7-5-14)16(21)17-22/h4-7,11-12,22H,8-10H2,1-3H3,(H,17,21)/t11-,12+. The van der Waals surface area contributed by atoms with E-state index in [0.717, 1.165) is 25.2 Å². The van der Waals surface area contributed by atoms with Crippen molar-refractivity contribution < 1.29 is 14.8 Å². The van der Waals surface area contributed by atoms with Crippen LogP contribution in [0.2, 0.25) is 0 Å². The van der Waals surface area contributed by atoms with Gasteiger partial charge in [0.25, 0.3) is 5.91 Å². The third-order valence-corrected chi connectivity index (χ3v) is 4.08. The Morgan fingerprint density at radius 2 is 1.73 bits per heavy atom. The zero-order chi connectivity index (χ0) is 16.3. The Morgan fingerprint density at radius 1 is 1.18 bits per heavy atom. The number of piperazine rings is 1. The highest BCUT2D eigenvalue weighted by molar-refractivity contribution is 5.93. The average Bonchev–Trinajstić information content (AvgIpc) is 2.46. The van der Waals surface area contributed by atoms with Gasteiger partial charge in [-0.3, -0.25) is 19.7 Å². The van der Waals surface area contributed by atoms with Crippen LogP contribution in [0.5, 0.6) is 0 Å². The molecular weight excluding hydrogens is 282 g/mol. The van der Waals surface area contributed by atoms with E-state index in [1.54, 1.807) is 24.5 Å². The van der Waals surface area contributed by atoms with Crippen LogP contribution in [-0.2, 0) is 11.3 Å². The lowest BCUT2D eigenvalue weighted by molar-refractivity contribution is -0.136. The summed E-state index contributed by atoms with van der Waals surface area (Å²) in [5, 5.41) is 8.61. The topological polar surface area (TPSA) is 72.9 Å². The van der Waals surface area contributed by atoms with Crippen LogP contribution in [0.1, 0.15) is 36.7 Å². The molecule has 1 aromatic rings. The summed E-state index contributed by atoms with van der Waals surface area (Å²) in [4.78, 5) is 27.2. The quantitative estimate of drug-likeness (QED) is 0.651. The van der Waals surface area contributed by atoms with E-state index in [4.69, 9.17) is 5.21 Å². The maximum absolute atomic E-state index is 11.7. The molecule has 1 saturated heterocycles. The summed E-state index contributed by atoms with van der Waals surface area (Å²) >= 11 is 0. The van der Waals surface area contributed by atoms with Crippen LogP contribution in [0.3, 0.4) is 0 Å². The van der Waals surface area contributed by atoms with Crippen molar-refractivity contribution in [3.8, 4) is 0 Å². The molecule has 0 aliphatic carbocycles. The Hall–Kier alpha value is -1.92. The minimum absolute atomic E-state index is 0.124. The van der Waals surface area contributed by atoms with Gasteiger partial charge >= 0.3 is 0 Å². The number of nitrogens with one attached hydrogen (secondary N) is 1. The molecule has 1 heterocycles. The van der Waals surface area contributed by atoms with Crippen molar-refractivity contribution in [2.45, 2.75) is 39.4 Å². The van der Waals surface area contributed by atoms with Crippen molar-refractivity contribution >= 4 is 11.8 Å². The van der Waals surface area contributed by atoms with Gasteiger partial charge in [-0.05, 0) is 31.5 Å². The summed E-state index contributed by atoms with van der Waals surface area (Å²) in [6.45, 7) is 8.21. The van der Waals surface area contributed by atoms with Gasteiger partial charge in [0.05, 0.1) is 0 Å². The van der Waals surface area contributed by atoms with Gasteiger partial charge in [-0.15, -0.1) is 0 Å². The second kappa shape index (κ2) is 6.89. The smallest absolute Gasteiger partial charge is 0.274 e. The van der Waals surface area contributed by atoms with E-state index >= 15 is 0 Å². The normalized spacial score (nSPS) is 22.5. The SMILES string of the molecule is CC(=O)N1[C@H](C)CN(Cc2ccc(C(=O)NO)cc2)C[C@@H]1C. The average molecular weight is 305 g/mol. The van der Waals surface area contributed by atoms with Gasteiger partial charge in [0, 0.05) is 44.2 Å². The van der Waals surface area contributed by atoms with Gasteiger partial charge in [0.1, 0.15) is 0 Å². The van der Waals surface area contributed by atoms with Crippen molar-refractivity contribution in [3.63, 3.8) is 0 Å². The monoisotopic (exact) mass is 305 g/mol. The highest BCUT2D eigenvalue weighted by Gasteiger charge is 2.30. The number of amides is 2. The molecule has 2 N–H and O–H groups in total. The van der Waals surface area contributed by atoms with E-state index in [1.165, 1.54) is 0 Å². The Bertz CT molecular complexity index is 532. The largest absolute Gasteiger partial charge is 0.335 e. The lowest BCUT2D eigenvalue weighted by atomic mass is 10.1. The third-order valence-electron chi connectivity index (χ3n) is 4.08.